The first kappa shape index (κ1) is 23.4. The molecule has 0 aliphatic rings. The van der Waals surface area contributed by atoms with E-state index in [9.17, 15) is 10.1 Å². The Kier molecular flexibility index (Phi) is 6.33. The SMILES string of the molecule is CC(CN)(Nc1ccc([N+](=O)[O-])c(N)n1)c1ncc(-c2ncc[nH]2)c(-c2ccc(Cl)cc2Cl)n1. The standard InChI is InChI=1S/C21H19Cl2N9O2/c1-21(10-24,31-16-5-4-15(32(33)34)18(25)29-16)20-28-9-13(19-26-6-7-27-19)17(30-20)12-3-2-11(22)8-14(12)23/h2-9H,10,24H2,1H3,(H,26,27)(H3,25,29,31). The summed E-state index contributed by atoms with van der Waals surface area (Å²) in [4.78, 5) is 31.2. The Balaban J connectivity index is 1.81. The van der Waals surface area contributed by atoms with Crippen molar-refractivity contribution in [2.75, 3.05) is 17.6 Å². The molecule has 4 rings (SSSR count). The topological polar surface area (TPSA) is 175 Å². The molecule has 1 atom stereocenters. The highest BCUT2D eigenvalue weighted by Gasteiger charge is 2.31. The average molecular weight is 500 g/mol. The number of hydrogen-bond acceptors (Lipinski definition) is 9. The van der Waals surface area contributed by atoms with E-state index in [1.54, 1.807) is 43.7 Å². The molecule has 0 aliphatic carbocycles. The van der Waals surface area contributed by atoms with Crippen molar-refractivity contribution < 1.29 is 4.92 Å². The van der Waals surface area contributed by atoms with E-state index in [-0.39, 0.29) is 23.9 Å². The number of imidazole rings is 1. The maximum Gasteiger partial charge on any atom is 0.311 e. The molecular formula is C21H19Cl2N9O2. The Morgan fingerprint density at radius 1 is 1.18 bits per heavy atom. The Bertz CT molecular complexity index is 1360. The summed E-state index contributed by atoms with van der Waals surface area (Å²) in [7, 11) is 0. The van der Waals surface area contributed by atoms with E-state index in [0.29, 0.717) is 38.5 Å². The summed E-state index contributed by atoms with van der Waals surface area (Å²) in [5.41, 5.74) is 12.3. The molecule has 0 bridgehead atoms. The number of nitro groups is 1. The second kappa shape index (κ2) is 9.21. The predicted octanol–water partition coefficient (Wildman–Crippen LogP) is 4.01. The molecule has 4 aromatic rings. The maximum absolute atomic E-state index is 11.0. The number of halogens is 2. The molecule has 0 aliphatic heterocycles. The normalized spacial score (nSPS) is 12.8. The van der Waals surface area contributed by atoms with Crippen LogP contribution in [-0.2, 0) is 5.54 Å². The minimum atomic E-state index is -1.01. The van der Waals surface area contributed by atoms with Crippen LogP contribution in [0, 0.1) is 10.1 Å². The molecule has 11 nitrogen and oxygen atoms in total. The molecule has 0 fully saturated rings. The van der Waals surface area contributed by atoms with Crippen LogP contribution in [0.25, 0.3) is 22.6 Å². The number of nitrogens with two attached hydrogens (primary N) is 2. The number of nitrogens with one attached hydrogen (secondary N) is 2. The van der Waals surface area contributed by atoms with Crippen molar-refractivity contribution in [3.63, 3.8) is 0 Å². The van der Waals surface area contributed by atoms with Crippen LogP contribution < -0.4 is 16.8 Å². The van der Waals surface area contributed by atoms with Crippen LogP contribution in [0.3, 0.4) is 0 Å². The summed E-state index contributed by atoms with van der Waals surface area (Å²) in [6, 6.07) is 7.80. The summed E-state index contributed by atoms with van der Waals surface area (Å²) in [6.07, 6.45) is 4.92. The fraction of sp³-hybridized carbons (Fsp3) is 0.143. The van der Waals surface area contributed by atoms with Crippen molar-refractivity contribution in [2.24, 2.45) is 5.73 Å². The van der Waals surface area contributed by atoms with E-state index in [1.807, 2.05) is 0 Å². The maximum atomic E-state index is 11.0. The number of rotatable bonds is 7. The van der Waals surface area contributed by atoms with E-state index in [4.69, 9.17) is 39.7 Å². The first-order chi connectivity index (χ1) is 16.2. The number of nitrogens with zero attached hydrogens (tertiary/aromatic N) is 5. The lowest BCUT2D eigenvalue weighted by molar-refractivity contribution is -0.384. The minimum Gasteiger partial charge on any atom is -0.378 e. The lowest BCUT2D eigenvalue weighted by Gasteiger charge is -2.29. The smallest absolute Gasteiger partial charge is 0.311 e. The zero-order valence-corrected chi connectivity index (χ0v) is 19.3. The van der Waals surface area contributed by atoms with Crippen LogP contribution in [0.2, 0.25) is 10.0 Å². The fourth-order valence-corrected chi connectivity index (χ4v) is 3.79. The first-order valence-corrected chi connectivity index (χ1v) is 10.7. The number of pyridine rings is 1. The van der Waals surface area contributed by atoms with Gasteiger partial charge in [-0.15, -0.1) is 0 Å². The molecule has 0 amide bonds. The summed E-state index contributed by atoms with van der Waals surface area (Å²) in [6.45, 7) is 1.85. The third-order valence-electron chi connectivity index (χ3n) is 5.13. The van der Waals surface area contributed by atoms with Gasteiger partial charge in [0.15, 0.2) is 5.82 Å². The number of aromatic amines is 1. The molecule has 174 valence electrons. The van der Waals surface area contributed by atoms with Gasteiger partial charge in [-0.2, -0.15) is 0 Å². The van der Waals surface area contributed by atoms with Crippen molar-refractivity contribution in [1.82, 2.24) is 24.9 Å². The number of H-pyrrole nitrogens is 1. The van der Waals surface area contributed by atoms with Gasteiger partial charge in [-0.1, -0.05) is 23.2 Å². The van der Waals surface area contributed by atoms with Crippen molar-refractivity contribution in [2.45, 2.75) is 12.5 Å². The highest BCUT2D eigenvalue weighted by molar-refractivity contribution is 6.36. The molecule has 3 aromatic heterocycles. The Morgan fingerprint density at radius 2 is 1.97 bits per heavy atom. The Hall–Kier alpha value is -3.80. The predicted molar refractivity (Wildman–Crippen MR) is 130 cm³/mol. The van der Waals surface area contributed by atoms with Crippen molar-refractivity contribution in [3.05, 3.63) is 74.9 Å². The van der Waals surface area contributed by atoms with Gasteiger partial charge in [-0.25, -0.2) is 19.9 Å². The van der Waals surface area contributed by atoms with Crippen molar-refractivity contribution >= 4 is 40.5 Å². The molecule has 0 radical (unpaired) electrons. The number of anilines is 2. The summed E-state index contributed by atoms with van der Waals surface area (Å²) in [5.74, 6) is 0.947. The summed E-state index contributed by atoms with van der Waals surface area (Å²) in [5, 5.41) is 15.1. The van der Waals surface area contributed by atoms with Gasteiger partial charge in [0.25, 0.3) is 0 Å². The van der Waals surface area contributed by atoms with Crippen LogP contribution >= 0.6 is 23.2 Å². The van der Waals surface area contributed by atoms with Crippen LogP contribution in [-0.4, -0.2) is 36.4 Å². The van der Waals surface area contributed by atoms with Gasteiger partial charge in [0.1, 0.15) is 17.2 Å². The monoisotopic (exact) mass is 499 g/mol. The zero-order valence-electron chi connectivity index (χ0n) is 17.8. The van der Waals surface area contributed by atoms with Gasteiger partial charge in [0.2, 0.25) is 5.82 Å². The van der Waals surface area contributed by atoms with E-state index >= 15 is 0 Å². The lowest BCUT2D eigenvalue weighted by Crippen LogP contribution is -2.41. The molecular weight excluding hydrogens is 481 g/mol. The van der Waals surface area contributed by atoms with Gasteiger partial charge >= 0.3 is 5.69 Å². The number of aromatic nitrogens is 5. The highest BCUT2D eigenvalue weighted by atomic mass is 35.5. The van der Waals surface area contributed by atoms with Gasteiger partial charge < -0.3 is 21.8 Å². The second-order valence-electron chi connectivity index (χ2n) is 7.54. The van der Waals surface area contributed by atoms with Crippen molar-refractivity contribution in [1.29, 1.82) is 0 Å². The first-order valence-electron chi connectivity index (χ1n) is 9.93. The molecule has 6 N–H and O–H groups in total. The summed E-state index contributed by atoms with van der Waals surface area (Å²) < 4.78 is 0. The Morgan fingerprint density at radius 3 is 2.59 bits per heavy atom. The molecule has 1 aromatic carbocycles. The van der Waals surface area contributed by atoms with E-state index < -0.39 is 10.5 Å². The zero-order chi connectivity index (χ0) is 24.5. The second-order valence-corrected chi connectivity index (χ2v) is 8.38. The summed E-state index contributed by atoms with van der Waals surface area (Å²) >= 11 is 12.6. The van der Waals surface area contributed by atoms with Gasteiger partial charge in [-0.3, -0.25) is 10.1 Å². The van der Waals surface area contributed by atoms with Crippen LogP contribution in [0.5, 0.6) is 0 Å². The van der Waals surface area contributed by atoms with E-state index in [2.05, 4.69) is 25.3 Å². The molecule has 34 heavy (non-hydrogen) atoms. The van der Waals surface area contributed by atoms with Crippen LogP contribution in [0.1, 0.15) is 12.7 Å². The highest BCUT2D eigenvalue weighted by Crippen LogP contribution is 2.36. The van der Waals surface area contributed by atoms with Gasteiger partial charge in [0.05, 0.1) is 21.2 Å². The van der Waals surface area contributed by atoms with E-state index in [0.717, 1.165) is 0 Å². The van der Waals surface area contributed by atoms with Crippen molar-refractivity contribution in [3.8, 4) is 22.6 Å². The third kappa shape index (κ3) is 4.49. The van der Waals surface area contributed by atoms with Crippen LogP contribution in [0.15, 0.2) is 48.9 Å². The number of benzene rings is 1. The number of nitrogen functional groups attached to an aromatic ring is 1. The third-order valence-corrected chi connectivity index (χ3v) is 5.68. The molecule has 3 heterocycles. The van der Waals surface area contributed by atoms with E-state index in [1.165, 1.54) is 12.1 Å². The molecule has 0 saturated heterocycles. The van der Waals surface area contributed by atoms with Crippen LogP contribution in [0.4, 0.5) is 17.3 Å². The molecule has 1 unspecified atom stereocenters. The lowest BCUT2D eigenvalue weighted by atomic mass is 9.99. The average Bonchev–Trinajstić information content (AvgIpc) is 3.33. The minimum absolute atomic E-state index is 0.0689. The van der Waals surface area contributed by atoms with Gasteiger partial charge in [-0.05, 0) is 31.2 Å². The Labute approximate surface area is 203 Å². The quantitative estimate of drug-likeness (QED) is 0.216. The fourth-order valence-electron chi connectivity index (χ4n) is 3.29. The molecule has 0 saturated carbocycles. The molecule has 0 spiro atoms. The molecule has 13 heteroatoms. The number of hydrogen-bond donors (Lipinski definition) is 4. The largest absolute Gasteiger partial charge is 0.378 e. The van der Waals surface area contributed by atoms with Gasteiger partial charge in [0, 0.05) is 41.8 Å².